The lowest BCUT2D eigenvalue weighted by Crippen LogP contribution is -2.48. The average Bonchev–Trinajstić information content (AvgIpc) is 3.35. The molecule has 0 bridgehead atoms. The van der Waals surface area contributed by atoms with Gasteiger partial charge in [0.25, 0.3) is 0 Å². The van der Waals surface area contributed by atoms with Crippen LogP contribution in [-0.4, -0.2) is 76.3 Å². The summed E-state index contributed by atoms with van der Waals surface area (Å²) in [7, 11) is 0. The summed E-state index contributed by atoms with van der Waals surface area (Å²) in [6.07, 6.45) is 4.90. The van der Waals surface area contributed by atoms with Crippen LogP contribution in [-0.2, 0) is 16.1 Å². The predicted octanol–water partition coefficient (Wildman–Crippen LogP) is 3.26. The van der Waals surface area contributed by atoms with Crippen LogP contribution >= 0.6 is 11.6 Å². The number of benzene rings is 1. The lowest BCUT2D eigenvalue weighted by molar-refractivity contribution is -0.120. The van der Waals surface area contributed by atoms with Crippen LogP contribution in [0.2, 0.25) is 5.02 Å². The van der Waals surface area contributed by atoms with Crippen LogP contribution in [0.4, 0.5) is 26.2 Å². The van der Waals surface area contributed by atoms with Gasteiger partial charge in [-0.15, -0.1) is 0 Å². The number of nitrogens with one attached hydrogen (secondary N) is 2. The Kier molecular flexibility index (Phi) is 6.98. The number of hydrogen-bond donors (Lipinski definition) is 2. The van der Waals surface area contributed by atoms with Crippen LogP contribution < -0.4 is 15.5 Å². The van der Waals surface area contributed by atoms with Gasteiger partial charge in [-0.05, 0) is 24.3 Å². The second kappa shape index (κ2) is 10.7. The van der Waals surface area contributed by atoms with E-state index < -0.39 is 11.6 Å². The summed E-state index contributed by atoms with van der Waals surface area (Å²) in [5.74, 6) is -0.535. The third-order valence-corrected chi connectivity index (χ3v) is 7.01. The van der Waals surface area contributed by atoms with E-state index in [-0.39, 0.29) is 30.5 Å². The van der Waals surface area contributed by atoms with Gasteiger partial charge in [0.2, 0.25) is 11.9 Å². The molecular weight excluding hydrogens is 530 g/mol. The van der Waals surface area contributed by atoms with E-state index in [4.69, 9.17) is 16.3 Å². The summed E-state index contributed by atoms with van der Waals surface area (Å²) in [5, 5.41) is 6.93. The normalized spacial score (nSPS) is 16.5. The molecule has 0 unspecified atom stereocenters. The zero-order chi connectivity index (χ0) is 26.9. The number of nitrogens with zero attached hydrogens (tertiary/aromatic N) is 6. The van der Waals surface area contributed by atoms with E-state index in [1.54, 1.807) is 35.3 Å². The van der Waals surface area contributed by atoms with Gasteiger partial charge in [-0.1, -0.05) is 11.6 Å². The molecular formula is C26H25ClF2N8O2. The van der Waals surface area contributed by atoms with Crippen LogP contribution in [0.1, 0.15) is 5.56 Å². The average molecular weight is 555 g/mol. The Morgan fingerprint density at radius 2 is 1.87 bits per heavy atom. The van der Waals surface area contributed by atoms with Gasteiger partial charge in [-0.25, -0.2) is 18.7 Å². The molecule has 2 saturated heterocycles. The molecule has 0 radical (unpaired) electrons. The van der Waals surface area contributed by atoms with Gasteiger partial charge >= 0.3 is 0 Å². The molecule has 3 aromatic heterocycles. The topological polar surface area (TPSA) is 100 Å². The summed E-state index contributed by atoms with van der Waals surface area (Å²) in [5.41, 5.74) is 1.37. The number of ether oxygens (including phenoxy) is 1. The highest BCUT2D eigenvalue weighted by Crippen LogP contribution is 2.29. The van der Waals surface area contributed by atoms with Gasteiger partial charge in [-0.3, -0.25) is 9.69 Å². The van der Waals surface area contributed by atoms with E-state index in [0.717, 1.165) is 0 Å². The largest absolute Gasteiger partial charge is 0.379 e. The second-order valence-corrected chi connectivity index (χ2v) is 9.77. The molecule has 2 N–H and O–H groups in total. The fraction of sp³-hybridized carbons (Fsp3) is 0.308. The second-order valence-electron chi connectivity index (χ2n) is 9.36. The molecule has 0 saturated carbocycles. The molecule has 2 aliphatic rings. The fourth-order valence-electron chi connectivity index (χ4n) is 4.73. The Balaban J connectivity index is 1.24. The van der Waals surface area contributed by atoms with Gasteiger partial charge in [0.05, 0.1) is 42.4 Å². The molecule has 202 valence electrons. The molecule has 2 aliphatic heterocycles. The Morgan fingerprint density at radius 1 is 1.08 bits per heavy atom. The summed E-state index contributed by atoms with van der Waals surface area (Å²) in [6, 6.07) is 6.09. The summed E-state index contributed by atoms with van der Waals surface area (Å²) in [6.45, 7) is 3.87. The van der Waals surface area contributed by atoms with Crippen molar-refractivity contribution in [3.05, 3.63) is 65.1 Å². The number of rotatable bonds is 6. The number of amides is 1. The number of carbonyl (C=O) groups is 1. The molecule has 13 heteroatoms. The molecule has 10 nitrogen and oxygen atoms in total. The maximum atomic E-state index is 15.0. The highest BCUT2D eigenvalue weighted by molar-refractivity contribution is 6.33. The van der Waals surface area contributed by atoms with Gasteiger partial charge in [0.15, 0.2) is 0 Å². The number of anilines is 3. The third kappa shape index (κ3) is 5.35. The molecule has 0 aliphatic carbocycles. The molecule has 0 spiro atoms. The highest BCUT2D eigenvalue weighted by Gasteiger charge is 2.21. The Morgan fingerprint density at radius 3 is 2.62 bits per heavy atom. The van der Waals surface area contributed by atoms with E-state index in [1.807, 2.05) is 9.80 Å². The maximum Gasteiger partial charge on any atom is 0.239 e. The van der Waals surface area contributed by atoms with Crippen molar-refractivity contribution in [1.82, 2.24) is 29.7 Å². The van der Waals surface area contributed by atoms with Gasteiger partial charge < -0.3 is 24.8 Å². The zero-order valence-electron chi connectivity index (χ0n) is 20.8. The minimum atomic E-state index is -0.613. The molecule has 1 aromatic carbocycles. The number of carbonyl (C=O) groups excluding carboxylic acids is 1. The Bertz CT molecular complexity index is 1520. The number of fused-ring (bicyclic) bond motifs is 1. The van der Waals surface area contributed by atoms with E-state index in [9.17, 15) is 4.79 Å². The Labute approximate surface area is 227 Å². The quantitative estimate of drug-likeness (QED) is 0.375. The summed E-state index contributed by atoms with van der Waals surface area (Å²) >= 11 is 6.46. The van der Waals surface area contributed by atoms with Gasteiger partial charge in [0, 0.05) is 56.1 Å². The highest BCUT2D eigenvalue weighted by atomic mass is 35.5. The molecule has 4 aromatic rings. The number of morpholine rings is 1. The first-order valence-electron chi connectivity index (χ1n) is 12.5. The summed E-state index contributed by atoms with van der Waals surface area (Å²) in [4.78, 5) is 28.8. The number of hydrogen-bond acceptors (Lipinski definition) is 8. The van der Waals surface area contributed by atoms with E-state index in [2.05, 4.69) is 25.6 Å². The van der Waals surface area contributed by atoms with Crippen molar-refractivity contribution in [3.63, 3.8) is 0 Å². The first kappa shape index (κ1) is 25.4. The van der Waals surface area contributed by atoms with Crippen LogP contribution in [0.3, 0.4) is 0 Å². The lowest BCUT2D eigenvalue weighted by atomic mass is 10.1. The smallest absolute Gasteiger partial charge is 0.239 e. The number of halogens is 3. The van der Waals surface area contributed by atoms with E-state index >= 15 is 8.78 Å². The number of piperazine rings is 1. The van der Waals surface area contributed by atoms with Crippen LogP contribution in [0.5, 0.6) is 0 Å². The van der Waals surface area contributed by atoms with Crippen molar-refractivity contribution >= 4 is 46.0 Å². The zero-order valence-corrected chi connectivity index (χ0v) is 21.6. The van der Waals surface area contributed by atoms with Crippen molar-refractivity contribution < 1.29 is 18.3 Å². The third-order valence-electron chi connectivity index (χ3n) is 6.73. The maximum absolute atomic E-state index is 15.0. The van der Waals surface area contributed by atoms with Crippen LogP contribution in [0.25, 0.3) is 16.7 Å². The molecule has 1 amide bonds. The monoisotopic (exact) mass is 554 g/mol. The van der Waals surface area contributed by atoms with Crippen LogP contribution in [0, 0.1) is 11.6 Å². The fourth-order valence-corrected chi connectivity index (χ4v) is 5.02. The summed E-state index contributed by atoms with van der Waals surface area (Å²) < 4.78 is 37.0. The molecule has 39 heavy (non-hydrogen) atoms. The van der Waals surface area contributed by atoms with E-state index in [1.165, 1.54) is 12.1 Å². The standard InChI is InChI=1S/C26H25ClF2N8O2/c27-20-9-17(13-31-25(20)36-4-2-30-23(38)15-36)33-26-32-12-16-1-3-37(24(16)34-26)18-10-21(28)19(22(29)11-18)14-35-5-7-39-8-6-35/h1,3,9-13H,2,4-8,14-15H2,(H,30,38)(H,32,33,34). The van der Waals surface area contributed by atoms with Crippen molar-refractivity contribution in [2.45, 2.75) is 6.54 Å². The van der Waals surface area contributed by atoms with Crippen molar-refractivity contribution in [2.75, 3.05) is 56.2 Å². The lowest BCUT2D eigenvalue weighted by Gasteiger charge is -2.28. The van der Waals surface area contributed by atoms with E-state index in [0.29, 0.717) is 72.6 Å². The first-order chi connectivity index (χ1) is 18.9. The number of aromatic nitrogens is 4. The molecule has 6 rings (SSSR count). The molecule has 5 heterocycles. The van der Waals surface area contributed by atoms with Gasteiger partial charge in [0.1, 0.15) is 23.1 Å². The number of pyridine rings is 1. The SMILES string of the molecule is O=C1CN(c2ncc(Nc3ncc4ccn(-c5cc(F)c(CN6CCOCC6)c(F)c5)c4n3)cc2Cl)CCN1. The van der Waals surface area contributed by atoms with Gasteiger partial charge in [-0.2, -0.15) is 4.98 Å². The van der Waals surface area contributed by atoms with Crippen LogP contribution in [0.15, 0.2) is 42.9 Å². The van der Waals surface area contributed by atoms with Crippen molar-refractivity contribution in [1.29, 1.82) is 0 Å². The Hall–Kier alpha value is -3.87. The molecule has 2 fully saturated rings. The predicted molar refractivity (Wildman–Crippen MR) is 143 cm³/mol. The minimum absolute atomic E-state index is 0.0344. The van der Waals surface area contributed by atoms with Crippen molar-refractivity contribution in [3.8, 4) is 5.69 Å². The van der Waals surface area contributed by atoms with Crippen molar-refractivity contribution in [2.24, 2.45) is 0 Å². The minimum Gasteiger partial charge on any atom is -0.379 e. The molecule has 0 atom stereocenters. The first-order valence-corrected chi connectivity index (χ1v) is 12.9.